The van der Waals surface area contributed by atoms with E-state index in [9.17, 15) is 0 Å². The van der Waals surface area contributed by atoms with E-state index in [1.165, 1.54) is 20.7 Å². The molecular weight excluding hydrogens is 609 g/mol. The summed E-state index contributed by atoms with van der Waals surface area (Å²) in [6.45, 7) is 17.1. The Morgan fingerprint density at radius 3 is 1.36 bits per heavy atom. The van der Waals surface area contributed by atoms with Crippen molar-refractivity contribution in [2.24, 2.45) is 0 Å². The van der Waals surface area contributed by atoms with Crippen LogP contribution in [0.3, 0.4) is 0 Å². The van der Waals surface area contributed by atoms with Gasteiger partial charge in [0.05, 0.1) is 12.7 Å². The van der Waals surface area contributed by atoms with Gasteiger partial charge in [-0.2, -0.15) is 0 Å². The molecule has 1 heterocycles. The van der Waals surface area contributed by atoms with E-state index >= 15 is 0 Å². The fourth-order valence-corrected chi connectivity index (χ4v) is 16.3. The third kappa shape index (κ3) is 7.43. The molecule has 4 aromatic rings. The lowest BCUT2D eigenvalue weighted by Gasteiger charge is -2.43. The van der Waals surface area contributed by atoms with E-state index in [4.69, 9.17) is 13.6 Å². The first-order valence-electron chi connectivity index (χ1n) is 17.1. The summed E-state index contributed by atoms with van der Waals surface area (Å²) < 4.78 is 20.2. The highest BCUT2D eigenvalue weighted by molar-refractivity contribution is 7.00. The van der Waals surface area contributed by atoms with E-state index in [1.54, 1.807) is 0 Å². The lowest BCUT2D eigenvalue weighted by Crippen LogP contribution is -2.66. The minimum atomic E-state index is -2.60. The Morgan fingerprint density at radius 2 is 0.979 bits per heavy atom. The fourth-order valence-electron chi connectivity index (χ4n) is 7.24. The molecule has 1 aliphatic rings. The minimum Gasteiger partial charge on any atom is -0.407 e. The van der Waals surface area contributed by atoms with Crippen LogP contribution in [-0.4, -0.2) is 41.6 Å². The molecule has 4 aromatic carbocycles. The summed E-state index contributed by atoms with van der Waals surface area (Å²) in [5, 5.41) is 5.11. The molecule has 47 heavy (non-hydrogen) atoms. The molecular formula is C42H52O3Si2. The van der Waals surface area contributed by atoms with Crippen molar-refractivity contribution in [3.63, 3.8) is 0 Å². The zero-order valence-corrected chi connectivity index (χ0v) is 31.4. The standard InChI is InChI=1S/C42H52O3Si2/c1-40(2,3)46(35-23-12-8-13-24-35,36-25-14-9-15-26-36)43-33-21-20-31-39-42(7,45-39)32-22-34-44-47(41(4,5)6,37-27-16-10-17-28-37)38-29-18-11-19-30-38/h8-19,23-30,39H,20-21,31,33-34H2,1-7H3/t39-,42-/m1/s1. The van der Waals surface area contributed by atoms with Gasteiger partial charge in [0, 0.05) is 6.61 Å². The third-order valence-corrected chi connectivity index (χ3v) is 19.7. The van der Waals surface area contributed by atoms with Crippen molar-refractivity contribution in [1.82, 2.24) is 0 Å². The number of ether oxygens (including phenoxy) is 1. The molecule has 5 heteroatoms. The SMILES string of the molecule is CC(C)(C)[Si](OCC#C[C@@]1(C)O[C@@H]1CCCCO[Si](c1ccccc1)(c1ccccc1)C(C)(C)C)(c1ccccc1)c1ccccc1. The van der Waals surface area contributed by atoms with Crippen molar-refractivity contribution in [3.8, 4) is 11.8 Å². The smallest absolute Gasteiger partial charge is 0.262 e. The number of unbranched alkanes of at least 4 members (excludes halogenated alkanes) is 1. The Morgan fingerprint density at radius 1 is 0.596 bits per heavy atom. The van der Waals surface area contributed by atoms with Gasteiger partial charge in [0.2, 0.25) is 0 Å². The number of rotatable bonds is 12. The molecule has 0 N–H and O–H groups in total. The summed E-state index contributed by atoms with van der Waals surface area (Å²) in [4.78, 5) is 0. The van der Waals surface area contributed by atoms with Crippen LogP contribution < -0.4 is 20.7 Å². The second-order valence-corrected chi connectivity index (χ2v) is 23.6. The Hall–Kier alpha value is -3.25. The van der Waals surface area contributed by atoms with Crippen LogP contribution in [0.15, 0.2) is 121 Å². The summed E-state index contributed by atoms with van der Waals surface area (Å²) in [5.41, 5.74) is -0.409. The maximum Gasteiger partial charge on any atom is 0.262 e. The summed E-state index contributed by atoms with van der Waals surface area (Å²) >= 11 is 0. The Balaban J connectivity index is 1.21. The van der Waals surface area contributed by atoms with Crippen molar-refractivity contribution >= 4 is 37.4 Å². The quantitative estimate of drug-likeness (QED) is 0.0684. The highest BCUT2D eigenvalue weighted by Gasteiger charge is 2.52. The van der Waals surface area contributed by atoms with Gasteiger partial charge in [-0.3, -0.25) is 0 Å². The molecule has 0 bridgehead atoms. The van der Waals surface area contributed by atoms with Gasteiger partial charge < -0.3 is 13.6 Å². The van der Waals surface area contributed by atoms with Gasteiger partial charge in [-0.15, -0.1) is 0 Å². The molecule has 0 spiro atoms. The van der Waals surface area contributed by atoms with Crippen LogP contribution >= 0.6 is 0 Å². The van der Waals surface area contributed by atoms with Gasteiger partial charge in [0.1, 0.15) is 0 Å². The predicted molar refractivity (Wildman–Crippen MR) is 202 cm³/mol. The van der Waals surface area contributed by atoms with E-state index in [0.29, 0.717) is 6.61 Å². The second kappa shape index (κ2) is 14.5. The predicted octanol–water partition coefficient (Wildman–Crippen LogP) is 7.47. The Bertz CT molecular complexity index is 1540. The Kier molecular flexibility index (Phi) is 10.8. The number of epoxide rings is 1. The lowest BCUT2D eigenvalue weighted by molar-refractivity contribution is 0.281. The number of hydrogen-bond donors (Lipinski definition) is 0. The lowest BCUT2D eigenvalue weighted by atomic mass is 10.0. The van der Waals surface area contributed by atoms with Crippen LogP contribution in [0.1, 0.15) is 67.7 Å². The van der Waals surface area contributed by atoms with Gasteiger partial charge in [-0.1, -0.05) is 175 Å². The molecule has 0 aromatic heterocycles. The van der Waals surface area contributed by atoms with Gasteiger partial charge in [0.15, 0.2) is 5.60 Å². The summed E-state index contributed by atoms with van der Waals surface area (Å²) in [7, 11) is -5.11. The highest BCUT2D eigenvalue weighted by atomic mass is 28.4. The number of benzene rings is 4. The third-order valence-electron chi connectivity index (χ3n) is 9.65. The first-order chi connectivity index (χ1) is 22.4. The van der Waals surface area contributed by atoms with E-state index < -0.39 is 22.2 Å². The average Bonchev–Trinajstić information content (AvgIpc) is 3.72. The molecule has 2 atom stereocenters. The van der Waals surface area contributed by atoms with Gasteiger partial charge in [0.25, 0.3) is 16.6 Å². The summed E-state index contributed by atoms with van der Waals surface area (Å²) in [6.07, 6.45) is 3.16. The maximum absolute atomic E-state index is 7.09. The molecule has 0 radical (unpaired) electrons. The van der Waals surface area contributed by atoms with E-state index in [-0.39, 0.29) is 16.2 Å². The zero-order chi connectivity index (χ0) is 33.6. The molecule has 0 aliphatic carbocycles. The molecule has 1 fully saturated rings. The zero-order valence-electron chi connectivity index (χ0n) is 29.4. The summed E-state index contributed by atoms with van der Waals surface area (Å²) in [5.74, 6) is 6.82. The molecule has 3 nitrogen and oxygen atoms in total. The van der Waals surface area contributed by atoms with Crippen LogP contribution in [0.25, 0.3) is 0 Å². The van der Waals surface area contributed by atoms with Gasteiger partial charge in [-0.25, -0.2) is 0 Å². The normalized spacial score (nSPS) is 18.3. The Labute approximate surface area is 286 Å². The van der Waals surface area contributed by atoms with Crippen molar-refractivity contribution in [2.75, 3.05) is 13.2 Å². The molecule has 246 valence electrons. The van der Waals surface area contributed by atoms with E-state index in [1.807, 2.05) is 0 Å². The molecule has 0 unspecified atom stereocenters. The summed E-state index contributed by atoms with van der Waals surface area (Å²) in [6, 6.07) is 43.2. The average molecular weight is 661 g/mol. The highest BCUT2D eigenvalue weighted by Crippen LogP contribution is 2.40. The van der Waals surface area contributed by atoms with Crippen LogP contribution in [-0.2, 0) is 13.6 Å². The molecule has 1 aliphatic heterocycles. The van der Waals surface area contributed by atoms with Crippen molar-refractivity contribution in [3.05, 3.63) is 121 Å². The van der Waals surface area contributed by atoms with Crippen LogP contribution in [0.4, 0.5) is 0 Å². The van der Waals surface area contributed by atoms with E-state index in [0.717, 1.165) is 25.9 Å². The molecule has 5 rings (SSSR count). The first kappa shape index (κ1) is 35.1. The van der Waals surface area contributed by atoms with Gasteiger partial charge in [-0.05, 0) is 57.0 Å². The fraction of sp³-hybridized carbons (Fsp3) is 0.381. The van der Waals surface area contributed by atoms with Crippen molar-refractivity contribution in [1.29, 1.82) is 0 Å². The van der Waals surface area contributed by atoms with Crippen LogP contribution in [0.5, 0.6) is 0 Å². The molecule has 0 saturated carbocycles. The number of hydrogen-bond acceptors (Lipinski definition) is 3. The van der Waals surface area contributed by atoms with Crippen LogP contribution in [0.2, 0.25) is 10.1 Å². The van der Waals surface area contributed by atoms with Crippen molar-refractivity contribution in [2.45, 2.75) is 89.5 Å². The maximum atomic E-state index is 7.09. The van der Waals surface area contributed by atoms with Gasteiger partial charge >= 0.3 is 0 Å². The first-order valence-corrected chi connectivity index (χ1v) is 20.9. The second-order valence-electron chi connectivity index (χ2n) is 15.0. The topological polar surface area (TPSA) is 31.0 Å². The van der Waals surface area contributed by atoms with Crippen molar-refractivity contribution < 1.29 is 13.6 Å². The van der Waals surface area contributed by atoms with E-state index in [2.05, 4.69) is 182 Å². The monoisotopic (exact) mass is 660 g/mol. The largest absolute Gasteiger partial charge is 0.407 e. The minimum absolute atomic E-state index is 0.0139. The molecule has 0 amide bonds. The molecule has 1 saturated heterocycles. The van der Waals surface area contributed by atoms with Crippen LogP contribution in [0, 0.1) is 11.8 Å².